The number of nitrogens with zero attached hydrogens (tertiary/aromatic N) is 3. The molecule has 2 aliphatic heterocycles. The fraction of sp³-hybridized carbons (Fsp3) is 0.194. The standard InChI is InChI=1S/C21H18ClN3O3.C15H13BrN2O2/c1-25-11-15(9-17(22)21(25)27)14-8-13-5-6-19(26)24-20(13)18(10-14)28-12-16-4-2-3-7-23-16;16-11-7-10-4-5-14(19)18-15(10)13(8-11)20-9-12-3-1-2-6-17-12/h2-4,7-11H,5-6,12H2,1H3,(H,24,26);1-3,6-8H,4-5,9H2,(H,18,19). The van der Waals surface area contributed by atoms with Crippen molar-refractivity contribution in [3.05, 3.63) is 128 Å². The van der Waals surface area contributed by atoms with Gasteiger partial charge in [-0.25, -0.2) is 0 Å². The van der Waals surface area contributed by atoms with Gasteiger partial charge >= 0.3 is 0 Å². The van der Waals surface area contributed by atoms with Gasteiger partial charge in [0.25, 0.3) is 5.56 Å². The molecule has 0 bridgehead atoms. The summed E-state index contributed by atoms with van der Waals surface area (Å²) in [5, 5.41) is 5.95. The number of hydrogen-bond acceptors (Lipinski definition) is 7. The molecule has 0 fully saturated rings. The zero-order chi connectivity index (χ0) is 33.6. The molecule has 0 unspecified atom stereocenters. The number of rotatable bonds is 7. The third kappa shape index (κ3) is 7.92. The van der Waals surface area contributed by atoms with Crippen molar-refractivity contribution in [2.45, 2.75) is 38.9 Å². The maximum atomic E-state index is 11.9. The third-order valence-corrected chi connectivity index (χ3v) is 8.51. The van der Waals surface area contributed by atoms with Crippen LogP contribution in [0.1, 0.15) is 35.4 Å². The van der Waals surface area contributed by atoms with Crippen LogP contribution in [-0.4, -0.2) is 26.3 Å². The normalized spacial score (nSPS) is 13.2. The van der Waals surface area contributed by atoms with Crippen LogP contribution in [0.4, 0.5) is 11.4 Å². The Balaban J connectivity index is 0.000000177. The number of benzene rings is 2. The number of pyridine rings is 3. The molecule has 0 atom stereocenters. The molecule has 244 valence electrons. The smallest absolute Gasteiger partial charge is 0.269 e. The summed E-state index contributed by atoms with van der Waals surface area (Å²) in [5.41, 5.74) is 6.60. The molecule has 2 aromatic carbocycles. The lowest BCUT2D eigenvalue weighted by atomic mass is 9.96. The molecule has 0 radical (unpaired) electrons. The Morgan fingerprint density at radius 2 is 1.31 bits per heavy atom. The summed E-state index contributed by atoms with van der Waals surface area (Å²) >= 11 is 9.56. The molecule has 3 aromatic heterocycles. The second kappa shape index (κ2) is 14.8. The highest BCUT2D eigenvalue weighted by Gasteiger charge is 2.22. The minimum atomic E-state index is -0.248. The fourth-order valence-corrected chi connectivity index (χ4v) is 6.12. The van der Waals surface area contributed by atoms with Crippen LogP contribution in [0.5, 0.6) is 11.5 Å². The molecule has 0 saturated carbocycles. The predicted octanol–water partition coefficient (Wildman–Crippen LogP) is 6.87. The van der Waals surface area contributed by atoms with Crippen LogP contribution < -0.4 is 25.7 Å². The van der Waals surface area contributed by atoms with Crippen molar-refractivity contribution in [2.75, 3.05) is 10.6 Å². The van der Waals surface area contributed by atoms with Crippen molar-refractivity contribution in [2.24, 2.45) is 7.05 Å². The van der Waals surface area contributed by atoms with Crippen LogP contribution in [0.15, 0.2) is 94.6 Å². The third-order valence-electron chi connectivity index (χ3n) is 7.78. The number of amides is 2. The molecule has 2 N–H and O–H groups in total. The Morgan fingerprint density at radius 1 is 0.750 bits per heavy atom. The summed E-state index contributed by atoms with van der Waals surface area (Å²) in [7, 11) is 1.66. The first kappa shape index (κ1) is 32.9. The van der Waals surface area contributed by atoms with Crippen molar-refractivity contribution in [1.82, 2.24) is 14.5 Å². The molecule has 5 heterocycles. The van der Waals surface area contributed by atoms with Gasteiger partial charge in [-0.15, -0.1) is 0 Å². The van der Waals surface area contributed by atoms with E-state index in [1.54, 1.807) is 31.7 Å². The molecule has 2 amide bonds. The molecule has 10 nitrogen and oxygen atoms in total. The Hall–Kier alpha value is -5.00. The van der Waals surface area contributed by atoms with E-state index in [0.29, 0.717) is 43.1 Å². The fourth-order valence-electron chi connectivity index (χ4n) is 5.38. The van der Waals surface area contributed by atoms with Gasteiger partial charge in [-0.05, 0) is 89.7 Å². The average molecular weight is 729 g/mol. The number of aryl methyl sites for hydroxylation is 3. The number of halogens is 2. The Labute approximate surface area is 290 Å². The molecule has 0 spiro atoms. The van der Waals surface area contributed by atoms with Crippen molar-refractivity contribution >= 4 is 50.7 Å². The maximum absolute atomic E-state index is 11.9. The van der Waals surface area contributed by atoms with Gasteiger partial charge in [0.15, 0.2) is 0 Å². The quantitative estimate of drug-likeness (QED) is 0.187. The van der Waals surface area contributed by atoms with Crippen LogP contribution in [0.2, 0.25) is 5.02 Å². The molecule has 5 aromatic rings. The summed E-state index contributed by atoms with van der Waals surface area (Å²) in [6.45, 7) is 0.653. The highest BCUT2D eigenvalue weighted by Crippen LogP contribution is 2.38. The SMILES string of the molecule is Cn1cc(-c2cc3c(c(OCc4ccccn4)c2)NC(=O)CC3)cc(Cl)c1=O.O=C1CCc2cc(Br)cc(OCc3ccccn3)c2N1. The average Bonchev–Trinajstić information content (AvgIpc) is 3.09. The van der Waals surface area contributed by atoms with E-state index in [4.69, 9.17) is 21.1 Å². The summed E-state index contributed by atoms with van der Waals surface area (Å²) in [6.07, 6.45) is 7.47. The second-order valence-electron chi connectivity index (χ2n) is 11.3. The number of carbonyl (C=O) groups is 2. The second-order valence-corrected chi connectivity index (χ2v) is 12.6. The van der Waals surface area contributed by atoms with Crippen LogP contribution >= 0.6 is 27.5 Å². The van der Waals surface area contributed by atoms with E-state index in [2.05, 4.69) is 36.5 Å². The number of aromatic nitrogens is 3. The van der Waals surface area contributed by atoms with Crippen molar-refractivity contribution in [1.29, 1.82) is 0 Å². The lowest BCUT2D eigenvalue weighted by Crippen LogP contribution is -2.20. The van der Waals surface area contributed by atoms with Crippen molar-refractivity contribution < 1.29 is 19.1 Å². The van der Waals surface area contributed by atoms with Gasteiger partial charge in [0, 0.05) is 43.0 Å². The Kier molecular flexibility index (Phi) is 10.2. The van der Waals surface area contributed by atoms with Crippen molar-refractivity contribution in [3.63, 3.8) is 0 Å². The lowest BCUT2D eigenvalue weighted by Gasteiger charge is -2.22. The number of ether oxygens (including phenoxy) is 2. The minimum absolute atomic E-state index is 0.0301. The zero-order valence-electron chi connectivity index (χ0n) is 26.0. The van der Waals surface area contributed by atoms with Crippen LogP contribution in [-0.2, 0) is 42.7 Å². The van der Waals surface area contributed by atoms with E-state index in [0.717, 1.165) is 50.2 Å². The molecule has 12 heteroatoms. The van der Waals surface area contributed by atoms with E-state index in [1.807, 2.05) is 60.7 Å². The number of nitrogens with one attached hydrogen (secondary N) is 2. The van der Waals surface area contributed by atoms with Gasteiger partial charge in [0.2, 0.25) is 11.8 Å². The molecule has 7 rings (SSSR count). The molecular weight excluding hydrogens is 698 g/mol. The van der Waals surface area contributed by atoms with Gasteiger partial charge in [0.1, 0.15) is 29.7 Å². The van der Waals surface area contributed by atoms with Gasteiger partial charge in [-0.3, -0.25) is 24.4 Å². The number of hydrogen-bond donors (Lipinski definition) is 2. The molecule has 48 heavy (non-hydrogen) atoms. The summed E-state index contributed by atoms with van der Waals surface area (Å²) in [5.74, 6) is 1.24. The van der Waals surface area contributed by atoms with E-state index in [9.17, 15) is 14.4 Å². The number of anilines is 2. The van der Waals surface area contributed by atoms with E-state index < -0.39 is 0 Å². The molecule has 0 saturated heterocycles. The van der Waals surface area contributed by atoms with Crippen LogP contribution in [0.3, 0.4) is 0 Å². The van der Waals surface area contributed by atoms with Gasteiger partial charge in [-0.2, -0.15) is 0 Å². The Morgan fingerprint density at radius 3 is 1.85 bits per heavy atom. The summed E-state index contributed by atoms with van der Waals surface area (Å²) in [4.78, 5) is 43.8. The monoisotopic (exact) mass is 727 g/mol. The maximum Gasteiger partial charge on any atom is 0.269 e. The summed E-state index contributed by atoms with van der Waals surface area (Å²) < 4.78 is 14.2. The van der Waals surface area contributed by atoms with E-state index in [-0.39, 0.29) is 29.0 Å². The van der Waals surface area contributed by atoms with Crippen LogP contribution in [0, 0.1) is 0 Å². The largest absolute Gasteiger partial charge is 0.485 e. The Bertz CT molecular complexity index is 2010. The van der Waals surface area contributed by atoms with E-state index >= 15 is 0 Å². The zero-order valence-corrected chi connectivity index (χ0v) is 28.3. The minimum Gasteiger partial charge on any atom is -0.485 e. The molecular formula is C36H31BrClN5O5. The molecule has 0 aliphatic carbocycles. The number of carbonyl (C=O) groups excluding carboxylic acids is 2. The highest BCUT2D eigenvalue weighted by atomic mass is 79.9. The van der Waals surface area contributed by atoms with Gasteiger partial charge in [0.05, 0.1) is 22.8 Å². The highest BCUT2D eigenvalue weighted by molar-refractivity contribution is 9.10. The summed E-state index contributed by atoms with van der Waals surface area (Å²) in [6, 6.07) is 20.7. The topological polar surface area (TPSA) is 124 Å². The van der Waals surface area contributed by atoms with E-state index in [1.165, 1.54) is 4.57 Å². The first-order valence-corrected chi connectivity index (χ1v) is 16.4. The number of fused-ring (bicyclic) bond motifs is 2. The lowest BCUT2D eigenvalue weighted by molar-refractivity contribution is -0.117. The van der Waals surface area contributed by atoms with Gasteiger partial charge < -0.3 is 24.7 Å². The molecule has 2 aliphatic rings. The van der Waals surface area contributed by atoms with Crippen molar-refractivity contribution in [3.8, 4) is 22.6 Å². The first-order valence-electron chi connectivity index (χ1n) is 15.2. The predicted molar refractivity (Wildman–Crippen MR) is 187 cm³/mol. The first-order chi connectivity index (χ1) is 23.2. The van der Waals surface area contributed by atoms with Crippen LogP contribution in [0.25, 0.3) is 11.1 Å². The van der Waals surface area contributed by atoms with Gasteiger partial charge in [-0.1, -0.05) is 39.7 Å².